The lowest BCUT2D eigenvalue weighted by molar-refractivity contribution is -0.129. The van der Waals surface area contributed by atoms with E-state index in [4.69, 9.17) is 0 Å². The van der Waals surface area contributed by atoms with Crippen LogP contribution in [0.25, 0.3) is 5.69 Å². The van der Waals surface area contributed by atoms with Crippen molar-refractivity contribution in [1.82, 2.24) is 14.7 Å². The van der Waals surface area contributed by atoms with E-state index in [1.54, 1.807) is 27.1 Å². The zero-order chi connectivity index (χ0) is 15.4. The molecule has 5 heteroatoms. The van der Waals surface area contributed by atoms with Crippen LogP contribution in [0, 0.1) is 0 Å². The summed E-state index contributed by atoms with van der Waals surface area (Å²) in [6.45, 7) is 0.648. The highest BCUT2D eigenvalue weighted by atomic mass is 32.1. The van der Waals surface area contributed by atoms with E-state index in [1.165, 1.54) is 5.56 Å². The highest BCUT2D eigenvalue weighted by molar-refractivity contribution is 7.07. The number of carbonyl (C=O) groups excluding carboxylic acids is 1. The average molecular weight is 311 g/mol. The van der Waals surface area contributed by atoms with Gasteiger partial charge in [0.2, 0.25) is 5.91 Å². The third-order valence-corrected chi connectivity index (χ3v) is 4.17. The maximum Gasteiger partial charge on any atom is 0.227 e. The van der Waals surface area contributed by atoms with Gasteiger partial charge in [0.25, 0.3) is 0 Å². The molecule has 0 aliphatic heterocycles. The monoisotopic (exact) mass is 311 g/mol. The fraction of sp³-hybridized carbons (Fsp3) is 0.176. The number of thiophene rings is 1. The first-order valence-corrected chi connectivity index (χ1v) is 8.00. The Hall–Kier alpha value is -2.40. The first-order chi connectivity index (χ1) is 10.7. The number of hydrogen-bond acceptors (Lipinski definition) is 3. The second-order valence-electron chi connectivity index (χ2n) is 5.19. The molecular formula is C17H17N3OS. The number of benzene rings is 1. The fourth-order valence-corrected chi connectivity index (χ4v) is 2.89. The molecule has 3 aromatic rings. The number of amides is 1. The predicted octanol–water partition coefficient (Wildman–Crippen LogP) is 3.13. The zero-order valence-corrected chi connectivity index (χ0v) is 13.2. The summed E-state index contributed by atoms with van der Waals surface area (Å²) in [4.78, 5) is 14.0. The number of para-hydroxylation sites is 1. The minimum atomic E-state index is 0.0961. The van der Waals surface area contributed by atoms with Gasteiger partial charge in [0.15, 0.2) is 0 Å². The minimum Gasteiger partial charge on any atom is -0.341 e. The van der Waals surface area contributed by atoms with Gasteiger partial charge in [0.05, 0.1) is 18.3 Å². The van der Waals surface area contributed by atoms with Crippen molar-refractivity contribution in [1.29, 1.82) is 0 Å². The summed E-state index contributed by atoms with van der Waals surface area (Å²) in [6.07, 6.45) is 4.03. The molecule has 4 nitrogen and oxygen atoms in total. The van der Waals surface area contributed by atoms with Crippen LogP contribution in [0.3, 0.4) is 0 Å². The van der Waals surface area contributed by atoms with Crippen LogP contribution < -0.4 is 0 Å². The standard InChI is InChI=1S/C17H17N3OS/c1-19(11-14-7-8-22-13-14)17(21)9-15-10-18-20(12-15)16-5-3-2-4-6-16/h2-8,10,12-13H,9,11H2,1H3. The van der Waals surface area contributed by atoms with E-state index in [0.717, 1.165) is 11.3 Å². The van der Waals surface area contributed by atoms with Crippen LogP contribution in [-0.2, 0) is 17.8 Å². The van der Waals surface area contributed by atoms with Gasteiger partial charge in [-0.15, -0.1) is 0 Å². The Morgan fingerprint density at radius 3 is 2.77 bits per heavy atom. The van der Waals surface area contributed by atoms with Crippen molar-refractivity contribution in [2.75, 3.05) is 7.05 Å². The lowest BCUT2D eigenvalue weighted by Gasteiger charge is -2.15. The molecule has 0 N–H and O–H groups in total. The van der Waals surface area contributed by atoms with Crippen molar-refractivity contribution in [3.63, 3.8) is 0 Å². The molecule has 1 aromatic carbocycles. The second kappa shape index (κ2) is 6.58. The molecule has 0 aliphatic carbocycles. The van der Waals surface area contributed by atoms with E-state index in [-0.39, 0.29) is 5.91 Å². The Labute approximate surface area is 133 Å². The first-order valence-electron chi connectivity index (χ1n) is 7.06. The summed E-state index contributed by atoms with van der Waals surface area (Å²) >= 11 is 1.65. The van der Waals surface area contributed by atoms with Crippen LogP contribution in [-0.4, -0.2) is 27.6 Å². The Kier molecular flexibility index (Phi) is 4.34. The van der Waals surface area contributed by atoms with E-state index in [0.29, 0.717) is 13.0 Å². The SMILES string of the molecule is CN(Cc1ccsc1)C(=O)Cc1cnn(-c2ccccc2)c1. The van der Waals surface area contributed by atoms with Crippen molar-refractivity contribution in [2.24, 2.45) is 0 Å². The lowest BCUT2D eigenvalue weighted by Crippen LogP contribution is -2.27. The van der Waals surface area contributed by atoms with Gasteiger partial charge in [-0.3, -0.25) is 4.79 Å². The molecular weight excluding hydrogens is 294 g/mol. The molecule has 0 fully saturated rings. The minimum absolute atomic E-state index is 0.0961. The van der Waals surface area contributed by atoms with Crippen LogP contribution in [0.15, 0.2) is 59.6 Å². The van der Waals surface area contributed by atoms with E-state index in [1.807, 2.05) is 55.0 Å². The third-order valence-electron chi connectivity index (χ3n) is 3.44. The summed E-state index contributed by atoms with van der Waals surface area (Å²) in [5.41, 5.74) is 3.08. The number of hydrogen-bond donors (Lipinski definition) is 0. The van der Waals surface area contributed by atoms with Gasteiger partial charge in [-0.1, -0.05) is 18.2 Å². The summed E-state index contributed by atoms with van der Waals surface area (Å²) in [5.74, 6) is 0.0961. The number of nitrogens with zero attached hydrogens (tertiary/aromatic N) is 3. The molecule has 3 rings (SSSR count). The first kappa shape index (κ1) is 14.5. The summed E-state index contributed by atoms with van der Waals surface area (Å²) in [7, 11) is 1.83. The molecule has 0 bridgehead atoms. The van der Waals surface area contributed by atoms with Gasteiger partial charge in [0.1, 0.15) is 0 Å². The molecule has 22 heavy (non-hydrogen) atoms. The highest BCUT2D eigenvalue weighted by Crippen LogP contribution is 2.11. The zero-order valence-electron chi connectivity index (χ0n) is 12.3. The topological polar surface area (TPSA) is 38.1 Å². The van der Waals surface area contributed by atoms with E-state index >= 15 is 0 Å². The van der Waals surface area contributed by atoms with Crippen molar-refractivity contribution in [2.45, 2.75) is 13.0 Å². The van der Waals surface area contributed by atoms with Crippen molar-refractivity contribution < 1.29 is 4.79 Å². The highest BCUT2D eigenvalue weighted by Gasteiger charge is 2.12. The summed E-state index contributed by atoms with van der Waals surface area (Å²) in [6, 6.07) is 11.9. The lowest BCUT2D eigenvalue weighted by atomic mass is 10.2. The Bertz CT molecular complexity index is 734. The van der Waals surface area contributed by atoms with Gasteiger partial charge >= 0.3 is 0 Å². The summed E-state index contributed by atoms with van der Waals surface area (Å²) in [5, 5.41) is 8.41. The quantitative estimate of drug-likeness (QED) is 0.726. The molecule has 0 spiro atoms. The van der Waals surface area contributed by atoms with Crippen molar-refractivity contribution in [3.05, 3.63) is 70.7 Å². The van der Waals surface area contributed by atoms with Crippen molar-refractivity contribution in [3.8, 4) is 5.69 Å². The number of likely N-dealkylation sites (N-methyl/N-ethyl adjacent to an activating group) is 1. The maximum absolute atomic E-state index is 12.3. The Balaban J connectivity index is 1.63. The smallest absolute Gasteiger partial charge is 0.227 e. The molecule has 2 aromatic heterocycles. The average Bonchev–Trinajstić information content (AvgIpc) is 3.20. The molecule has 112 valence electrons. The van der Waals surface area contributed by atoms with Gasteiger partial charge in [-0.2, -0.15) is 16.4 Å². The Morgan fingerprint density at radius 1 is 1.23 bits per heavy atom. The van der Waals surface area contributed by atoms with Gasteiger partial charge in [0, 0.05) is 19.8 Å². The van der Waals surface area contributed by atoms with Crippen LogP contribution in [0.1, 0.15) is 11.1 Å². The maximum atomic E-state index is 12.3. The third kappa shape index (κ3) is 3.43. The van der Waals surface area contributed by atoms with Crippen LogP contribution >= 0.6 is 11.3 Å². The molecule has 0 saturated heterocycles. The Morgan fingerprint density at radius 2 is 2.05 bits per heavy atom. The molecule has 0 radical (unpaired) electrons. The normalized spacial score (nSPS) is 10.6. The largest absolute Gasteiger partial charge is 0.341 e. The number of rotatable bonds is 5. The van der Waals surface area contributed by atoms with Gasteiger partial charge < -0.3 is 4.90 Å². The van der Waals surface area contributed by atoms with Crippen LogP contribution in [0.5, 0.6) is 0 Å². The van der Waals surface area contributed by atoms with E-state index < -0.39 is 0 Å². The van der Waals surface area contributed by atoms with Crippen LogP contribution in [0.4, 0.5) is 0 Å². The van der Waals surface area contributed by atoms with Crippen LogP contribution in [0.2, 0.25) is 0 Å². The van der Waals surface area contributed by atoms with Gasteiger partial charge in [-0.25, -0.2) is 4.68 Å². The van der Waals surface area contributed by atoms with E-state index in [2.05, 4.69) is 10.5 Å². The fourth-order valence-electron chi connectivity index (χ4n) is 2.23. The molecule has 0 atom stereocenters. The van der Waals surface area contributed by atoms with E-state index in [9.17, 15) is 4.79 Å². The number of aromatic nitrogens is 2. The predicted molar refractivity (Wildman–Crippen MR) is 88.1 cm³/mol. The summed E-state index contributed by atoms with van der Waals surface area (Å²) < 4.78 is 1.79. The molecule has 2 heterocycles. The molecule has 0 saturated carbocycles. The van der Waals surface area contributed by atoms with Gasteiger partial charge in [-0.05, 0) is 40.1 Å². The molecule has 0 aliphatic rings. The molecule has 0 unspecified atom stereocenters. The molecule has 1 amide bonds. The number of carbonyl (C=O) groups is 1. The van der Waals surface area contributed by atoms with Crippen molar-refractivity contribution >= 4 is 17.2 Å². The second-order valence-corrected chi connectivity index (χ2v) is 5.97.